The Balaban J connectivity index is 1.79. The highest BCUT2D eigenvalue weighted by Gasteiger charge is 2.12. The number of rotatable bonds is 4. The average Bonchev–Trinajstić information content (AvgIpc) is 2.62. The molecule has 1 aliphatic heterocycles. The third-order valence-electron chi connectivity index (χ3n) is 3.67. The van der Waals surface area contributed by atoms with Gasteiger partial charge in [0.25, 0.3) is 0 Å². The molecule has 1 saturated heterocycles. The zero-order chi connectivity index (χ0) is 12.8. The predicted octanol–water partition coefficient (Wildman–Crippen LogP) is 1.92. The maximum absolute atomic E-state index is 5.17. The molecule has 3 nitrogen and oxygen atoms in total. The van der Waals surface area contributed by atoms with Crippen LogP contribution < -0.4 is 10.1 Å². The van der Waals surface area contributed by atoms with E-state index in [4.69, 9.17) is 4.74 Å². The summed E-state index contributed by atoms with van der Waals surface area (Å²) in [6.07, 6.45) is 2.38. The summed E-state index contributed by atoms with van der Waals surface area (Å²) in [7, 11) is 1.71. The fourth-order valence-electron chi connectivity index (χ4n) is 2.36. The smallest absolute Gasteiger partial charge is 0.118 e. The molecule has 1 N–H and O–H groups in total. The summed E-state index contributed by atoms with van der Waals surface area (Å²) in [4.78, 5) is 2.56. The fourth-order valence-corrected chi connectivity index (χ4v) is 2.36. The summed E-state index contributed by atoms with van der Waals surface area (Å²) in [6.45, 7) is 6.92. The number of nitrogens with one attached hydrogen (secondary N) is 1. The van der Waals surface area contributed by atoms with E-state index in [0.717, 1.165) is 25.3 Å². The largest absolute Gasteiger partial charge is 0.497 e. The van der Waals surface area contributed by atoms with Crippen LogP contribution in [0.1, 0.15) is 18.9 Å². The standard InChI is InChI=1S/C15H24N2O/c1-13-7-10-17(12-9-16-13)11-8-14-3-5-15(18-2)6-4-14/h3-6,13,16H,7-12H2,1-2H3. The van der Waals surface area contributed by atoms with Crippen LogP contribution in [-0.2, 0) is 6.42 Å². The van der Waals surface area contributed by atoms with Gasteiger partial charge >= 0.3 is 0 Å². The first-order valence-corrected chi connectivity index (χ1v) is 6.86. The van der Waals surface area contributed by atoms with Crippen molar-refractivity contribution in [3.05, 3.63) is 29.8 Å². The lowest BCUT2D eigenvalue weighted by Crippen LogP contribution is -2.30. The summed E-state index contributed by atoms with van der Waals surface area (Å²) < 4.78 is 5.17. The van der Waals surface area contributed by atoms with E-state index in [0.29, 0.717) is 6.04 Å². The van der Waals surface area contributed by atoms with Gasteiger partial charge in [-0.2, -0.15) is 0 Å². The number of nitrogens with zero attached hydrogens (tertiary/aromatic N) is 1. The summed E-state index contributed by atoms with van der Waals surface area (Å²) in [5.74, 6) is 0.937. The van der Waals surface area contributed by atoms with Crippen molar-refractivity contribution in [1.82, 2.24) is 10.2 Å². The van der Waals surface area contributed by atoms with Crippen molar-refractivity contribution in [2.24, 2.45) is 0 Å². The Morgan fingerprint density at radius 3 is 2.78 bits per heavy atom. The van der Waals surface area contributed by atoms with Crippen molar-refractivity contribution >= 4 is 0 Å². The molecule has 0 aromatic heterocycles. The second kappa shape index (κ2) is 6.76. The quantitative estimate of drug-likeness (QED) is 0.881. The van der Waals surface area contributed by atoms with Gasteiger partial charge in [0, 0.05) is 25.7 Å². The van der Waals surface area contributed by atoms with E-state index >= 15 is 0 Å². The Kier molecular flexibility index (Phi) is 5.02. The van der Waals surface area contributed by atoms with Crippen molar-refractivity contribution < 1.29 is 4.74 Å². The van der Waals surface area contributed by atoms with Crippen LogP contribution in [0, 0.1) is 0 Å². The van der Waals surface area contributed by atoms with Crippen LogP contribution in [-0.4, -0.2) is 44.2 Å². The molecule has 3 heteroatoms. The Labute approximate surface area is 110 Å². The van der Waals surface area contributed by atoms with Crippen LogP contribution in [0.2, 0.25) is 0 Å². The van der Waals surface area contributed by atoms with Crippen molar-refractivity contribution in [3.8, 4) is 5.75 Å². The van der Waals surface area contributed by atoms with Gasteiger partial charge in [-0.1, -0.05) is 12.1 Å². The van der Waals surface area contributed by atoms with Gasteiger partial charge in [0.1, 0.15) is 5.75 Å². The van der Waals surface area contributed by atoms with E-state index in [2.05, 4.69) is 29.3 Å². The zero-order valence-corrected chi connectivity index (χ0v) is 11.5. The van der Waals surface area contributed by atoms with Crippen LogP contribution in [0.3, 0.4) is 0 Å². The summed E-state index contributed by atoms with van der Waals surface area (Å²) in [5.41, 5.74) is 1.39. The molecule has 1 aliphatic rings. The number of hydrogen-bond donors (Lipinski definition) is 1. The van der Waals surface area contributed by atoms with Crippen molar-refractivity contribution in [3.63, 3.8) is 0 Å². The van der Waals surface area contributed by atoms with Crippen molar-refractivity contribution in [1.29, 1.82) is 0 Å². The van der Waals surface area contributed by atoms with Gasteiger partial charge in [-0.15, -0.1) is 0 Å². The lowest BCUT2D eigenvalue weighted by molar-refractivity contribution is 0.294. The van der Waals surface area contributed by atoms with Crippen LogP contribution in [0.25, 0.3) is 0 Å². The first kappa shape index (κ1) is 13.4. The van der Waals surface area contributed by atoms with E-state index < -0.39 is 0 Å². The van der Waals surface area contributed by atoms with Gasteiger partial charge in [0.05, 0.1) is 7.11 Å². The highest BCUT2D eigenvalue weighted by molar-refractivity contribution is 5.27. The summed E-state index contributed by atoms with van der Waals surface area (Å²) >= 11 is 0. The lowest BCUT2D eigenvalue weighted by atomic mass is 10.1. The molecule has 1 aromatic carbocycles. The molecular weight excluding hydrogens is 224 g/mol. The molecule has 0 radical (unpaired) electrons. The average molecular weight is 248 g/mol. The van der Waals surface area contributed by atoms with Gasteiger partial charge in [-0.05, 0) is 44.0 Å². The molecule has 1 heterocycles. The third-order valence-corrected chi connectivity index (χ3v) is 3.67. The monoisotopic (exact) mass is 248 g/mol. The van der Waals surface area contributed by atoms with Crippen LogP contribution in [0.4, 0.5) is 0 Å². The zero-order valence-electron chi connectivity index (χ0n) is 11.5. The molecule has 1 fully saturated rings. The van der Waals surface area contributed by atoms with E-state index in [9.17, 15) is 0 Å². The first-order valence-electron chi connectivity index (χ1n) is 6.86. The summed E-state index contributed by atoms with van der Waals surface area (Å²) in [5, 5.41) is 3.53. The maximum Gasteiger partial charge on any atom is 0.118 e. The summed E-state index contributed by atoms with van der Waals surface area (Å²) in [6, 6.07) is 9.08. The Bertz CT molecular complexity index is 350. The molecule has 0 spiro atoms. The van der Waals surface area contributed by atoms with E-state index in [-0.39, 0.29) is 0 Å². The van der Waals surface area contributed by atoms with E-state index in [1.807, 2.05) is 12.1 Å². The fraction of sp³-hybridized carbons (Fsp3) is 0.600. The molecule has 1 atom stereocenters. The number of ether oxygens (including phenoxy) is 1. The van der Waals surface area contributed by atoms with E-state index in [1.54, 1.807) is 7.11 Å². The predicted molar refractivity (Wildman–Crippen MR) is 75.2 cm³/mol. The minimum atomic E-state index is 0.663. The van der Waals surface area contributed by atoms with E-state index in [1.165, 1.54) is 25.1 Å². The van der Waals surface area contributed by atoms with Gasteiger partial charge < -0.3 is 15.0 Å². The number of methoxy groups -OCH3 is 1. The van der Waals surface area contributed by atoms with Crippen LogP contribution in [0.5, 0.6) is 5.75 Å². The number of hydrogen-bond acceptors (Lipinski definition) is 3. The Morgan fingerprint density at radius 2 is 2.06 bits per heavy atom. The first-order chi connectivity index (χ1) is 8.78. The molecule has 0 aliphatic carbocycles. The Hall–Kier alpha value is -1.06. The van der Waals surface area contributed by atoms with Gasteiger partial charge in [-0.25, -0.2) is 0 Å². The highest BCUT2D eigenvalue weighted by Crippen LogP contribution is 2.12. The maximum atomic E-state index is 5.17. The minimum absolute atomic E-state index is 0.663. The topological polar surface area (TPSA) is 24.5 Å². The molecule has 0 amide bonds. The molecule has 0 saturated carbocycles. The molecule has 0 bridgehead atoms. The van der Waals surface area contributed by atoms with Gasteiger partial charge in [0.2, 0.25) is 0 Å². The van der Waals surface area contributed by atoms with Crippen LogP contribution >= 0.6 is 0 Å². The molecular formula is C15H24N2O. The second-order valence-electron chi connectivity index (χ2n) is 5.08. The third kappa shape index (κ3) is 4.00. The molecule has 1 aromatic rings. The highest BCUT2D eigenvalue weighted by atomic mass is 16.5. The Morgan fingerprint density at radius 1 is 1.28 bits per heavy atom. The van der Waals surface area contributed by atoms with Gasteiger partial charge in [0.15, 0.2) is 0 Å². The van der Waals surface area contributed by atoms with Crippen molar-refractivity contribution in [2.45, 2.75) is 25.8 Å². The molecule has 2 rings (SSSR count). The van der Waals surface area contributed by atoms with Crippen molar-refractivity contribution in [2.75, 3.05) is 33.3 Å². The second-order valence-corrected chi connectivity index (χ2v) is 5.08. The molecule has 100 valence electrons. The molecule has 18 heavy (non-hydrogen) atoms. The normalized spacial score (nSPS) is 21.6. The lowest BCUT2D eigenvalue weighted by Gasteiger charge is -2.19. The van der Waals surface area contributed by atoms with Crippen LogP contribution in [0.15, 0.2) is 24.3 Å². The van der Waals surface area contributed by atoms with Gasteiger partial charge in [-0.3, -0.25) is 0 Å². The molecule has 1 unspecified atom stereocenters. The minimum Gasteiger partial charge on any atom is -0.497 e. The SMILES string of the molecule is COc1ccc(CCN2CCNC(C)CC2)cc1. The number of benzene rings is 1.